The summed E-state index contributed by atoms with van der Waals surface area (Å²) in [5.74, 6) is 0.167. The summed E-state index contributed by atoms with van der Waals surface area (Å²) in [6.07, 6.45) is 1.12. The van der Waals surface area contributed by atoms with Gasteiger partial charge < -0.3 is 30.0 Å². The predicted molar refractivity (Wildman–Crippen MR) is 365 cm³/mol. The highest BCUT2D eigenvalue weighted by Crippen LogP contribution is 2.34. The Hall–Kier alpha value is -7.72. The van der Waals surface area contributed by atoms with Gasteiger partial charge in [0.15, 0.2) is 6.29 Å². The van der Waals surface area contributed by atoms with Crippen LogP contribution in [0.5, 0.6) is 0 Å². The highest BCUT2D eigenvalue weighted by atomic mass is 32.2. The molecule has 0 saturated carbocycles. The summed E-state index contributed by atoms with van der Waals surface area (Å²) < 4.78 is 45.7. The number of alkyl carbamates (subject to hydrolysis) is 1. The number of benzene rings is 7. The molecule has 0 aliphatic carbocycles. The molecule has 1 amide bonds. The Morgan fingerprint density at radius 1 is 0.645 bits per heavy atom. The number of hydrogen-bond acceptors (Lipinski definition) is 14. The van der Waals surface area contributed by atoms with Crippen molar-refractivity contribution in [2.75, 3.05) is 52.5 Å². The minimum atomic E-state index is -3.91. The van der Waals surface area contributed by atoms with Gasteiger partial charge in [-0.3, -0.25) is 30.0 Å². The fourth-order valence-corrected chi connectivity index (χ4v) is 13.2. The molecule has 498 valence electrons. The van der Waals surface area contributed by atoms with E-state index in [4.69, 9.17) is 14.2 Å². The summed E-state index contributed by atoms with van der Waals surface area (Å²) in [5.41, 5.74) is 6.61. The topological polar surface area (TPSA) is 219 Å². The second kappa shape index (κ2) is 36.1. The molecule has 0 bridgehead atoms. The van der Waals surface area contributed by atoms with E-state index < -0.39 is 38.1 Å². The van der Waals surface area contributed by atoms with Crippen molar-refractivity contribution in [3.8, 4) is 0 Å². The number of ether oxygens (including phenoxy) is 3. The molecule has 9 rings (SSSR count). The van der Waals surface area contributed by atoms with Crippen molar-refractivity contribution in [2.45, 2.75) is 130 Å². The fourth-order valence-electron chi connectivity index (χ4n) is 11.4. The van der Waals surface area contributed by atoms with Gasteiger partial charge in [-0.2, -0.15) is 4.31 Å². The van der Waals surface area contributed by atoms with Gasteiger partial charge in [0.05, 0.1) is 46.0 Å². The van der Waals surface area contributed by atoms with Crippen molar-refractivity contribution >= 4 is 27.5 Å². The van der Waals surface area contributed by atoms with E-state index in [1.54, 1.807) is 12.1 Å². The van der Waals surface area contributed by atoms with Crippen molar-refractivity contribution in [3.05, 3.63) is 254 Å². The molecule has 0 aromatic heterocycles. The maximum atomic E-state index is 13.6. The molecule has 3 N–H and O–H groups in total. The summed E-state index contributed by atoms with van der Waals surface area (Å²) in [6.45, 7) is 22.3. The molecule has 5 atom stereocenters. The van der Waals surface area contributed by atoms with Gasteiger partial charge in [-0.05, 0) is 102 Å². The van der Waals surface area contributed by atoms with Crippen LogP contribution in [0.1, 0.15) is 94.2 Å². The van der Waals surface area contributed by atoms with Gasteiger partial charge in [-0.15, -0.1) is 0 Å². The molecule has 2 saturated heterocycles. The molecule has 7 aromatic rings. The molecule has 0 spiro atoms. The number of rotatable bonds is 31. The molecule has 19 heteroatoms. The van der Waals surface area contributed by atoms with E-state index in [0.29, 0.717) is 39.3 Å². The Morgan fingerprint density at radius 2 is 1.11 bits per heavy atom. The SMILES string of the molecule is CC(C)(CCN(Cc1ccccc1)Cc1ccccc1)CNCC(O)[C@H](Cc1ccccc1)NC(=O)OC1COC2OCCC12.CC(C)CN(CC(C)(C)CCN(Cc1ccccc1)Cc1ccccc1)S(=O)(=O)c1cccc([N+](=O)[O-])c1.Cc1cccc([N+](=O)[O-])c1. The van der Waals surface area contributed by atoms with E-state index in [1.165, 1.54) is 50.8 Å². The van der Waals surface area contributed by atoms with Crippen LogP contribution in [-0.4, -0.2) is 121 Å². The number of aliphatic hydroxyl groups is 1. The first kappa shape index (κ1) is 72.7. The summed E-state index contributed by atoms with van der Waals surface area (Å²) in [7, 11) is -3.91. The first-order valence-corrected chi connectivity index (χ1v) is 33.6. The lowest BCUT2D eigenvalue weighted by atomic mass is 9.88. The minimum Gasteiger partial charge on any atom is -0.443 e. The number of aliphatic hydroxyl groups excluding tert-OH is 1. The number of carbonyl (C=O) groups is 1. The first-order chi connectivity index (χ1) is 44.5. The molecule has 2 aliphatic rings. The number of sulfonamides is 1. The fraction of sp³-hybridized carbons (Fsp3) is 0.419. The number of nitro benzene ring substituents is 2. The van der Waals surface area contributed by atoms with Crippen LogP contribution in [0.15, 0.2) is 205 Å². The number of aryl methyl sites for hydroxylation is 1. The average molecular weight is 1290 g/mol. The molecule has 2 heterocycles. The smallest absolute Gasteiger partial charge is 0.407 e. The highest BCUT2D eigenvalue weighted by Gasteiger charge is 2.44. The van der Waals surface area contributed by atoms with Crippen LogP contribution >= 0.6 is 0 Å². The van der Waals surface area contributed by atoms with E-state index in [0.717, 1.165) is 82.3 Å². The van der Waals surface area contributed by atoms with Crippen LogP contribution in [0.3, 0.4) is 0 Å². The van der Waals surface area contributed by atoms with Crippen LogP contribution in [0.25, 0.3) is 0 Å². The average Bonchev–Trinajstić information content (AvgIpc) is 1.54. The Bertz CT molecular complexity index is 3400. The van der Waals surface area contributed by atoms with Gasteiger partial charge in [0, 0.05) is 76.6 Å². The third-order valence-corrected chi connectivity index (χ3v) is 18.3. The Kier molecular flexibility index (Phi) is 28.2. The van der Waals surface area contributed by atoms with Crippen LogP contribution in [0.2, 0.25) is 0 Å². The van der Waals surface area contributed by atoms with Crippen LogP contribution in [-0.2, 0) is 56.8 Å². The minimum absolute atomic E-state index is 0.00496. The standard InChI is InChI=1S/C37H49N3O5.C30H39N3O4S.C7H7NO2/c1-37(2,19-20-40(24-29-14-8-4-9-15-29)25-30-16-10-5-11-17-30)27-38-23-33(41)32(22-28-12-6-3-7-13-28)39-36(42)45-34-26-44-35-31(34)18-21-43-35;1-25(2)21-32(38(36,37)29-17-11-16-28(20-29)33(34)35)24-30(3,4)18-19-31(22-26-12-7-5-8-13-26)23-27-14-9-6-10-15-27;1-6-3-2-4-7(5-6)8(9)10/h3-17,31-35,38,41H,18-27H2,1-2H3,(H,39,42);5-17,20,25H,18-19,21-24H2,1-4H3;2-5H,1H3/t31?,32-,33?,34?,35?;;/m0../s1. The van der Waals surface area contributed by atoms with Crippen molar-refractivity contribution < 1.29 is 42.4 Å². The summed E-state index contributed by atoms with van der Waals surface area (Å²) in [6, 6.07) is 63.2. The third kappa shape index (κ3) is 24.9. The lowest BCUT2D eigenvalue weighted by Crippen LogP contribution is -2.50. The zero-order valence-electron chi connectivity index (χ0n) is 55.0. The molecule has 18 nitrogen and oxygen atoms in total. The normalized spacial score (nSPS) is 16.2. The first-order valence-electron chi connectivity index (χ1n) is 32.2. The highest BCUT2D eigenvalue weighted by molar-refractivity contribution is 7.89. The molecule has 7 aromatic carbocycles. The lowest BCUT2D eigenvalue weighted by molar-refractivity contribution is -0.385. The van der Waals surface area contributed by atoms with Crippen molar-refractivity contribution in [2.24, 2.45) is 22.7 Å². The number of nitrogens with one attached hydrogen (secondary N) is 2. The van der Waals surface area contributed by atoms with Gasteiger partial charge in [0.25, 0.3) is 11.4 Å². The molecule has 93 heavy (non-hydrogen) atoms. The molecule has 2 fully saturated rings. The van der Waals surface area contributed by atoms with E-state index in [1.807, 2.05) is 93.6 Å². The second-order valence-electron chi connectivity index (χ2n) is 26.3. The van der Waals surface area contributed by atoms with Crippen LogP contribution in [0, 0.1) is 49.8 Å². The largest absolute Gasteiger partial charge is 0.443 e. The van der Waals surface area contributed by atoms with Crippen molar-refractivity contribution in [1.29, 1.82) is 0 Å². The number of amides is 1. The van der Waals surface area contributed by atoms with Crippen molar-refractivity contribution in [1.82, 2.24) is 24.7 Å². The van der Waals surface area contributed by atoms with Crippen LogP contribution in [0.4, 0.5) is 16.2 Å². The van der Waals surface area contributed by atoms with E-state index >= 15 is 0 Å². The predicted octanol–water partition coefficient (Wildman–Crippen LogP) is 13.4. The number of non-ortho nitro benzene ring substituents is 2. The van der Waals surface area contributed by atoms with Crippen molar-refractivity contribution in [3.63, 3.8) is 0 Å². The molecular weight excluding hydrogens is 1190 g/mol. The maximum absolute atomic E-state index is 13.6. The number of carbonyl (C=O) groups excluding carboxylic acids is 1. The molecule has 0 radical (unpaired) electrons. The lowest BCUT2D eigenvalue weighted by Gasteiger charge is -2.35. The van der Waals surface area contributed by atoms with Gasteiger partial charge in [0.1, 0.15) is 6.10 Å². The number of hydrogen-bond donors (Lipinski definition) is 3. The maximum Gasteiger partial charge on any atom is 0.407 e. The zero-order valence-corrected chi connectivity index (χ0v) is 55.8. The van der Waals surface area contributed by atoms with Gasteiger partial charge in [-0.1, -0.05) is 211 Å². The number of nitro groups is 2. The Morgan fingerprint density at radius 3 is 1.57 bits per heavy atom. The van der Waals surface area contributed by atoms with E-state index in [2.05, 4.69) is 133 Å². The summed E-state index contributed by atoms with van der Waals surface area (Å²) in [5, 5.41) is 39.2. The van der Waals surface area contributed by atoms with E-state index in [-0.39, 0.29) is 51.3 Å². The van der Waals surface area contributed by atoms with Gasteiger partial charge >= 0.3 is 6.09 Å². The van der Waals surface area contributed by atoms with Gasteiger partial charge in [0.2, 0.25) is 10.0 Å². The Balaban J connectivity index is 0.000000231. The zero-order chi connectivity index (χ0) is 66.8. The number of fused-ring (bicyclic) bond motifs is 1. The molecule has 4 unspecified atom stereocenters. The molecular formula is C74H95N7O11S. The van der Waals surface area contributed by atoms with Gasteiger partial charge in [-0.25, -0.2) is 13.2 Å². The Labute approximate surface area is 550 Å². The van der Waals surface area contributed by atoms with Crippen LogP contribution < -0.4 is 10.6 Å². The number of nitrogens with zero attached hydrogens (tertiary/aromatic N) is 5. The summed E-state index contributed by atoms with van der Waals surface area (Å²) in [4.78, 5) is 38.3. The second-order valence-corrected chi connectivity index (χ2v) is 28.3. The summed E-state index contributed by atoms with van der Waals surface area (Å²) >= 11 is 0. The third-order valence-electron chi connectivity index (χ3n) is 16.5. The monoisotopic (exact) mass is 1290 g/mol. The molecule has 2 aliphatic heterocycles. The quantitative estimate of drug-likeness (QED) is 0.0272. The van der Waals surface area contributed by atoms with E-state index in [9.17, 15) is 38.5 Å².